The molecule has 0 N–H and O–H groups in total. The van der Waals surface area contributed by atoms with Gasteiger partial charge in [-0.1, -0.05) is 145 Å². The van der Waals surface area contributed by atoms with Crippen molar-refractivity contribution in [2.45, 2.75) is 16.0 Å². The lowest BCUT2D eigenvalue weighted by molar-refractivity contribution is 0.403. The molecule has 1 atom stereocenters. The largest absolute Gasteiger partial charge is 0.327 e. The molecule has 0 saturated heterocycles. The number of rotatable bonds is 6. The van der Waals surface area contributed by atoms with Crippen LogP contribution in [0.5, 0.6) is 0 Å². The summed E-state index contributed by atoms with van der Waals surface area (Å²) in [6, 6.07) is 63.3. The van der Waals surface area contributed by atoms with Gasteiger partial charge in [0.25, 0.3) is 0 Å². The molecule has 1 aliphatic heterocycles. The van der Waals surface area contributed by atoms with Gasteiger partial charge in [0.2, 0.25) is 0 Å². The normalized spacial score (nSPS) is 13.8. The van der Waals surface area contributed by atoms with Gasteiger partial charge in [0, 0.05) is 39.4 Å². The minimum absolute atomic E-state index is 0.592. The second-order valence-electron chi connectivity index (χ2n) is 14.7. The highest BCUT2D eigenvalue weighted by Gasteiger charge is 2.50. The molecule has 0 aliphatic carbocycles. The zero-order valence-electron chi connectivity index (χ0n) is 31.1. The summed E-state index contributed by atoms with van der Waals surface area (Å²) in [4.78, 5) is 12.2. The molecule has 3 aromatic heterocycles. The first-order valence-corrected chi connectivity index (χ1v) is 22.0. The third-order valence-electron chi connectivity index (χ3n) is 11.6. The zero-order valence-corrected chi connectivity index (χ0v) is 32.9. The van der Waals surface area contributed by atoms with Crippen LogP contribution in [0.25, 0.3) is 50.0 Å². The first-order chi connectivity index (χ1) is 28.1. The fourth-order valence-electron chi connectivity index (χ4n) is 9.20. The van der Waals surface area contributed by atoms with Gasteiger partial charge in [-0.2, -0.15) is 0 Å². The number of halogens is 1. The van der Waals surface area contributed by atoms with Crippen molar-refractivity contribution in [3.63, 3.8) is 0 Å². The quantitative estimate of drug-likeness (QED) is 0.158. The van der Waals surface area contributed by atoms with Crippen LogP contribution in [-0.4, -0.2) is 27.2 Å². The Kier molecular flexibility index (Phi) is 7.88. The molecular weight excluding hydrogens is 736 g/mol. The third-order valence-corrected chi connectivity index (χ3v) is 18.1. The standard InChI is InChI=1S/C50H35FN4SSi/c1-54-41-26-11-9-24-39(41)53-50(54)34-18-16-17-33(31-34)47(51)38-32-42-46(37-23-8-10-25-40(37)55(42)45-29-14-15-30-52-45)48-49(38)57(35-19-4-2-5-20-35,36-21-6-3-7-22-36)44-28-13-12-27-43(44)56-48/h2-32,47H,1H3. The molecule has 7 heteroatoms. The fraction of sp³-hybridized carbons (Fsp3) is 0.0400. The predicted octanol–water partition coefficient (Wildman–Crippen LogP) is 9.63. The first-order valence-electron chi connectivity index (χ1n) is 19.2. The Bertz CT molecular complexity index is 3100. The molecule has 4 heterocycles. The molecular formula is C50H35FN4SSi. The van der Waals surface area contributed by atoms with Crippen LogP contribution in [0.15, 0.2) is 198 Å². The summed E-state index contributed by atoms with van der Waals surface area (Å²) in [7, 11) is -1.17. The number of imidazole rings is 1. The van der Waals surface area contributed by atoms with Crippen LogP contribution in [-0.2, 0) is 7.05 Å². The lowest BCUT2D eigenvalue weighted by Crippen LogP contribution is -2.77. The minimum atomic E-state index is -3.20. The number of benzene rings is 7. The van der Waals surface area contributed by atoms with Crippen LogP contribution >= 0.6 is 11.8 Å². The van der Waals surface area contributed by atoms with Gasteiger partial charge in [-0.05, 0) is 80.4 Å². The van der Waals surface area contributed by atoms with E-state index in [9.17, 15) is 0 Å². The number of nitrogens with zero attached hydrogens (tertiary/aromatic N) is 4. The van der Waals surface area contributed by atoms with Crippen molar-refractivity contribution in [2.75, 3.05) is 0 Å². The van der Waals surface area contributed by atoms with E-state index < -0.39 is 14.2 Å². The van der Waals surface area contributed by atoms with Gasteiger partial charge < -0.3 is 4.57 Å². The van der Waals surface area contributed by atoms with E-state index in [1.54, 1.807) is 11.8 Å². The summed E-state index contributed by atoms with van der Waals surface area (Å²) in [6.45, 7) is 0. The summed E-state index contributed by atoms with van der Waals surface area (Å²) in [6.07, 6.45) is 0.367. The molecule has 0 saturated carbocycles. The van der Waals surface area contributed by atoms with Gasteiger partial charge in [-0.3, -0.25) is 4.57 Å². The SMILES string of the molecule is Cn1c(-c2cccc(C(F)c3cc4c(c5c3[Si](c3ccccc3)(c3ccccc3)c3ccccc3S5)c3ccccc3n4-c3ccccn3)c2)nc2ccccc21. The molecule has 7 aromatic carbocycles. The van der Waals surface area contributed by atoms with Gasteiger partial charge in [0.15, 0.2) is 14.2 Å². The van der Waals surface area contributed by atoms with E-state index in [1.807, 2.05) is 73.9 Å². The van der Waals surface area contributed by atoms with Crippen LogP contribution in [0.1, 0.15) is 17.3 Å². The Labute approximate surface area is 334 Å². The molecule has 0 amide bonds. The summed E-state index contributed by atoms with van der Waals surface area (Å²) < 4.78 is 23.0. The molecule has 0 spiro atoms. The monoisotopic (exact) mass is 770 g/mol. The highest BCUT2D eigenvalue weighted by atomic mass is 32.2. The van der Waals surface area contributed by atoms with Crippen molar-refractivity contribution in [3.8, 4) is 17.2 Å². The van der Waals surface area contributed by atoms with Crippen molar-refractivity contribution in [2.24, 2.45) is 7.05 Å². The van der Waals surface area contributed by atoms with E-state index in [0.717, 1.165) is 60.1 Å². The summed E-state index contributed by atoms with van der Waals surface area (Å²) in [5, 5.41) is 7.06. The van der Waals surface area contributed by atoms with Gasteiger partial charge in [-0.25, -0.2) is 14.4 Å². The van der Waals surface area contributed by atoms with Crippen LogP contribution in [0.2, 0.25) is 0 Å². The number of aryl methyl sites for hydroxylation is 1. The van der Waals surface area contributed by atoms with Gasteiger partial charge >= 0.3 is 0 Å². The smallest absolute Gasteiger partial charge is 0.182 e. The predicted molar refractivity (Wildman–Crippen MR) is 235 cm³/mol. The highest BCUT2D eigenvalue weighted by molar-refractivity contribution is 8.00. The Morgan fingerprint density at radius 2 is 1.32 bits per heavy atom. The van der Waals surface area contributed by atoms with E-state index in [-0.39, 0.29) is 0 Å². The number of aromatic nitrogens is 4. The zero-order chi connectivity index (χ0) is 38.1. The highest BCUT2D eigenvalue weighted by Crippen LogP contribution is 2.45. The average Bonchev–Trinajstić information content (AvgIpc) is 3.80. The minimum Gasteiger partial charge on any atom is -0.327 e. The Morgan fingerprint density at radius 1 is 0.632 bits per heavy atom. The first kappa shape index (κ1) is 33.8. The molecule has 0 bridgehead atoms. The van der Waals surface area contributed by atoms with E-state index in [4.69, 9.17) is 9.97 Å². The summed E-state index contributed by atoms with van der Waals surface area (Å²) >= 11 is 1.78. The molecule has 11 rings (SSSR count). The molecule has 57 heavy (non-hydrogen) atoms. The maximum atomic E-state index is 18.7. The second-order valence-corrected chi connectivity index (χ2v) is 19.4. The maximum absolute atomic E-state index is 18.7. The van der Waals surface area contributed by atoms with Crippen molar-refractivity contribution in [3.05, 3.63) is 199 Å². The Hall–Kier alpha value is -6.54. The number of hydrogen-bond donors (Lipinski definition) is 0. The molecule has 0 fully saturated rings. The van der Waals surface area contributed by atoms with Crippen molar-refractivity contribution < 1.29 is 4.39 Å². The van der Waals surface area contributed by atoms with Crippen LogP contribution in [0, 0.1) is 0 Å². The number of pyridine rings is 1. The number of fused-ring (bicyclic) bond motifs is 7. The summed E-state index contributed by atoms with van der Waals surface area (Å²) in [5.41, 5.74) is 6.07. The lowest BCUT2D eigenvalue weighted by atomic mass is 9.99. The molecule has 1 aliphatic rings. The fourth-order valence-corrected chi connectivity index (χ4v) is 16.6. The van der Waals surface area contributed by atoms with Crippen LogP contribution < -0.4 is 20.7 Å². The topological polar surface area (TPSA) is 35.6 Å². The maximum Gasteiger partial charge on any atom is 0.182 e. The van der Waals surface area contributed by atoms with Crippen LogP contribution in [0.3, 0.4) is 0 Å². The van der Waals surface area contributed by atoms with E-state index in [1.165, 1.54) is 20.5 Å². The molecule has 10 aromatic rings. The number of alkyl halides is 1. The van der Waals surface area contributed by atoms with E-state index >= 15 is 4.39 Å². The van der Waals surface area contributed by atoms with Crippen molar-refractivity contribution in [1.29, 1.82) is 0 Å². The second kappa shape index (κ2) is 13.3. The summed E-state index contributed by atoms with van der Waals surface area (Å²) in [5.74, 6) is 1.60. The Balaban J connectivity index is 1.29. The lowest BCUT2D eigenvalue weighted by Gasteiger charge is -2.42. The van der Waals surface area contributed by atoms with Crippen molar-refractivity contribution >= 4 is 73.4 Å². The van der Waals surface area contributed by atoms with Gasteiger partial charge in [0.1, 0.15) is 11.6 Å². The average molecular weight is 771 g/mol. The molecule has 272 valence electrons. The molecule has 4 nitrogen and oxygen atoms in total. The molecule has 0 radical (unpaired) electrons. The van der Waals surface area contributed by atoms with Crippen molar-refractivity contribution in [1.82, 2.24) is 19.1 Å². The van der Waals surface area contributed by atoms with Gasteiger partial charge in [0.05, 0.1) is 22.1 Å². The number of para-hydroxylation sites is 3. The number of hydrogen-bond acceptors (Lipinski definition) is 3. The Morgan fingerprint density at radius 3 is 2.07 bits per heavy atom. The van der Waals surface area contributed by atoms with E-state index in [0.29, 0.717) is 11.1 Å². The van der Waals surface area contributed by atoms with Crippen LogP contribution in [0.4, 0.5) is 4.39 Å². The van der Waals surface area contributed by atoms with Gasteiger partial charge in [-0.15, -0.1) is 0 Å². The molecule has 1 unspecified atom stereocenters. The third kappa shape index (κ3) is 5.05. The van der Waals surface area contributed by atoms with E-state index in [2.05, 4.69) is 130 Å².